The molecule has 2 N–H and O–H groups in total. The highest BCUT2D eigenvalue weighted by Gasteiger charge is 2.17. The minimum atomic E-state index is -3.61. The van der Waals surface area contributed by atoms with Gasteiger partial charge < -0.3 is 0 Å². The first kappa shape index (κ1) is 19.4. The van der Waals surface area contributed by atoms with Crippen molar-refractivity contribution >= 4 is 38.7 Å². The summed E-state index contributed by atoms with van der Waals surface area (Å²) in [6.07, 6.45) is 2.84. The summed E-state index contributed by atoms with van der Waals surface area (Å²) in [5.74, 6) is -0.340. The predicted octanol–water partition coefficient (Wildman–Crippen LogP) is 4.02. The molecule has 1 heterocycles. The Balaban J connectivity index is 1.44. The fourth-order valence-electron chi connectivity index (χ4n) is 3.21. The van der Waals surface area contributed by atoms with E-state index in [-0.39, 0.29) is 10.1 Å². The Hall–Kier alpha value is -2.97. The van der Waals surface area contributed by atoms with Gasteiger partial charge in [-0.2, -0.15) is 5.10 Å². The Labute approximate surface area is 173 Å². The van der Waals surface area contributed by atoms with Crippen LogP contribution >= 0.6 is 11.3 Å². The van der Waals surface area contributed by atoms with E-state index in [2.05, 4.69) is 21.3 Å². The van der Waals surface area contributed by atoms with Gasteiger partial charge in [-0.3, -0.25) is 9.52 Å². The summed E-state index contributed by atoms with van der Waals surface area (Å²) in [7, 11) is -3.61. The van der Waals surface area contributed by atoms with Gasteiger partial charge in [0.05, 0.1) is 5.71 Å². The molecule has 0 fully saturated rings. The maximum atomic E-state index is 12.4. The van der Waals surface area contributed by atoms with Crippen LogP contribution in [-0.4, -0.2) is 20.0 Å². The van der Waals surface area contributed by atoms with Crippen molar-refractivity contribution < 1.29 is 13.2 Å². The second-order valence-electron chi connectivity index (χ2n) is 6.63. The lowest BCUT2D eigenvalue weighted by Gasteiger charge is -2.17. The highest BCUT2D eigenvalue weighted by molar-refractivity contribution is 7.94. The van der Waals surface area contributed by atoms with Crippen molar-refractivity contribution in [3.63, 3.8) is 0 Å². The van der Waals surface area contributed by atoms with Crippen LogP contribution in [0, 0.1) is 0 Å². The number of aryl methyl sites for hydroxylation is 1. The molecule has 4 rings (SSSR count). The second-order valence-corrected chi connectivity index (χ2v) is 9.48. The Morgan fingerprint density at radius 1 is 0.966 bits per heavy atom. The Bertz CT molecular complexity index is 1150. The number of rotatable bonds is 5. The smallest absolute Gasteiger partial charge is 0.271 e. The van der Waals surface area contributed by atoms with E-state index >= 15 is 0 Å². The van der Waals surface area contributed by atoms with Crippen LogP contribution in [0.3, 0.4) is 0 Å². The van der Waals surface area contributed by atoms with Crippen LogP contribution in [0.1, 0.15) is 34.3 Å². The molecule has 1 aromatic heterocycles. The quantitative estimate of drug-likeness (QED) is 0.605. The topological polar surface area (TPSA) is 87.6 Å². The third-order valence-electron chi connectivity index (χ3n) is 4.64. The zero-order valence-corrected chi connectivity index (χ0v) is 17.1. The number of sulfonamides is 1. The first-order valence-electron chi connectivity index (χ1n) is 9.14. The molecular formula is C21H19N3O3S2. The molecule has 1 aliphatic carbocycles. The van der Waals surface area contributed by atoms with E-state index in [1.807, 2.05) is 18.2 Å². The average Bonchev–Trinajstić information content (AvgIpc) is 3.28. The number of carbonyl (C=O) groups excluding carboxylic acids is 1. The zero-order valence-electron chi connectivity index (χ0n) is 15.5. The molecule has 0 radical (unpaired) electrons. The van der Waals surface area contributed by atoms with Crippen molar-refractivity contribution in [2.24, 2.45) is 5.10 Å². The van der Waals surface area contributed by atoms with Gasteiger partial charge >= 0.3 is 0 Å². The number of hydrogen-bond acceptors (Lipinski definition) is 5. The number of benzene rings is 2. The molecule has 8 heteroatoms. The molecule has 148 valence electrons. The molecule has 0 saturated carbocycles. The zero-order chi connectivity index (χ0) is 20.3. The van der Waals surface area contributed by atoms with Gasteiger partial charge in [-0.1, -0.05) is 30.3 Å². The summed E-state index contributed by atoms with van der Waals surface area (Å²) in [6.45, 7) is 0. The van der Waals surface area contributed by atoms with Crippen molar-refractivity contribution in [1.29, 1.82) is 0 Å². The fraction of sp³-hybridized carbons (Fsp3) is 0.143. The van der Waals surface area contributed by atoms with Crippen LogP contribution < -0.4 is 10.1 Å². The average molecular weight is 426 g/mol. The Morgan fingerprint density at radius 3 is 2.52 bits per heavy atom. The van der Waals surface area contributed by atoms with E-state index in [4.69, 9.17) is 0 Å². The van der Waals surface area contributed by atoms with Crippen LogP contribution in [-0.2, 0) is 16.4 Å². The number of hydrogen-bond donors (Lipinski definition) is 2. The number of amides is 1. The van der Waals surface area contributed by atoms with Gasteiger partial charge in [0.25, 0.3) is 15.9 Å². The molecular weight excluding hydrogens is 406 g/mol. The highest BCUT2D eigenvalue weighted by atomic mass is 32.2. The standard InChI is InChI=1S/C21H19N3O3S2/c25-21(23-22-19-8-3-6-15-5-1-2-7-18(15)19)16-10-12-17(13-11-16)24-29(26,27)20-9-4-14-28-20/h1-2,4-5,7,9-14,24H,3,6,8H2,(H,23,25)/b22-19-. The lowest BCUT2D eigenvalue weighted by Crippen LogP contribution is -2.22. The lowest BCUT2D eigenvalue weighted by atomic mass is 9.90. The summed E-state index contributed by atoms with van der Waals surface area (Å²) < 4.78 is 27.3. The van der Waals surface area contributed by atoms with Crippen molar-refractivity contribution in [3.05, 3.63) is 82.7 Å². The van der Waals surface area contributed by atoms with E-state index in [1.54, 1.807) is 35.7 Å². The maximum absolute atomic E-state index is 12.4. The molecule has 1 aliphatic rings. The summed E-state index contributed by atoms with van der Waals surface area (Å²) in [6, 6.07) is 17.6. The molecule has 29 heavy (non-hydrogen) atoms. The SMILES string of the molecule is O=C(N/N=C1/CCCc2ccccc21)c1ccc(NS(=O)(=O)c2cccs2)cc1. The maximum Gasteiger partial charge on any atom is 0.271 e. The van der Waals surface area contributed by atoms with E-state index in [0.29, 0.717) is 11.3 Å². The Kier molecular flexibility index (Phi) is 5.46. The summed E-state index contributed by atoms with van der Waals surface area (Å²) in [5, 5.41) is 6.03. The molecule has 0 unspecified atom stereocenters. The number of thiophene rings is 1. The van der Waals surface area contributed by atoms with Crippen LogP contribution in [0.15, 0.2) is 75.4 Å². The number of carbonyl (C=O) groups is 1. The largest absolute Gasteiger partial charge is 0.279 e. The van der Waals surface area contributed by atoms with E-state index in [0.717, 1.165) is 41.9 Å². The normalized spacial score (nSPS) is 15.0. The molecule has 0 spiro atoms. The van der Waals surface area contributed by atoms with E-state index < -0.39 is 10.0 Å². The number of nitrogens with one attached hydrogen (secondary N) is 2. The number of nitrogens with zero attached hydrogens (tertiary/aromatic N) is 1. The van der Waals surface area contributed by atoms with Crippen molar-refractivity contribution in [1.82, 2.24) is 5.43 Å². The third-order valence-corrected chi connectivity index (χ3v) is 7.42. The van der Waals surface area contributed by atoms with Gasteiger partial charge in [-0.05, 0) is 60.5 Å². The van der Waals surface area contributed by atoms with Gasteiger partial charge in [0.1, 0.15) is 4.21 Å². The third kappa shape index (κ3) is 4.38. The summed E-state index contributed by atoms with van der Waals surface area (Å²) >= 11 is 1.14. The van der Waals surface area contributed by atoms with Gasteiger partial charge in [0.2, 0.25) is 0 Å². The fourth-order valence-corrected chi connectivity index (χ4v) is 5.26. The van der Waals surface area contributed by atoms with Crippen LogP contribution in [0.4, 0.5) is 5.69 Å². The second kappa shape index (κ2) is 8.18. The molecule has 0 aliphatic heterocycles. The first-order valence-corrected chi connectivity index (χ1v) is 11.5. The molecule has 6 nitrogen and oxygen atoms in total. The summed E-state index contributed by atoms with van der Waals surface area (Å²) in [5.41, 5.74) is 6.60. The lowest BCUT2D eigenvalue weighted by molar-refractivity contribution is 0.0954. The monoisotopic (exact) mass is 425 g/mol. The number of anilines is 1. The van der Waals surface area contributed by atoms with Crippen molar-refractivity contribution in [2.45, 2.75) is 23.5 Å². The van der Waals surface area contributed by atoms with Crippen molar-refractivity contribution in [2.75, 3.05) is 4.72 Å². The Morgan fingerprint density at radius 2 is 1.76 bits per heavy atom. The van der Waals surface area contributed by atoms with Crippen LogP contribution in [0.5, 0.6) is 0 Å². The van der Waals surface area contributed by atoms with E-state index in [1.165, 1.54) is 11.6 Å². The highest BCUT2D eigenvalue weighted by Crippen LogP contribution is 2.22. The molecule has 1 amide bonds. The van der Waals surface area contributed by atoms with Crippen LogP contribution in [0.2, 0.25) is 0 Å². The van der Waals surface area contributed by atoms with E-state index in [9.17, 15) is 13.2 Å². The number of fused-ring (bicyclic) bond motifs is 1. The molecule has 3 aromatic rings. The van der Waals surface area contributed by atoms with Gasteiger partial charge in [-0.25, -0.2) is 13.8 Å². The number of hydrazone groups is 1. The van der Waals surface area contributed by atoms with Gasteiger partial charge in [-0.15, -0.1) is 11.3 Å². The molecule has 0 bridgehead atoms. The molecule has 0 saturated heterocycles. The molecule has 2 aromatic carbocycles. The first-order chi connectivity index (χ1) is 14.0. The van der Waals surface area contributed by atoms with Crippen LogP contribution in [0.25, 0.3) is 0 Å². The minimum absolute atomic E-state index is 0.239. The summed E-state index contributed by atoms with van der Waals surface area (Å²) in [4.78, 5) is 12.4. The van der Waals surface area contributed by atoms with Crippen molar-refractivity contribution in [3.8, 4) is 0 Å². The predicted molar refractivity (Wildman–Crippen MR) is 115 cm³/mol. The van der Waals surface area contributed by atoms with Gasteiger partial charge in [0.15, 0.2) is 0 Å². The molecule has 0 atom stereocenters. The van der Waals surface area contributed by atoms with Gasteiger partial charge in [0, 0.05) is 16.8 Å². The minimum Gasteiger partial charge on any atom is -0.279 e.